The summed E-state index contributed by atoms with van der Waals surface area (Å²) in [6.45, 7) is 5.85. The van der Waals surface area contributed by atoms with Crippen LogP contribution >= 0.6 is 0 Å². The van der Waals surface area contributed by atoms with E-state index >= 15 is 0 Å². The minimum Gasteiger partial charge on any atom is -0.457 e. The third kappa shape index (κ3) is 6.00. The van der Waals surface area contributed by atoms with E-state index < -0.39 is 0 Å². The summed E-state index contributed by atoms with van der Waals surface area (Å²) in [7, 11) is 3.20. The maximum Gasteiger partial charge on any atom is 0.325 e. The topological polar surface area (TPSA) is 97.7 Å². The number of hydrogen-bond acceptors (Lipinski definition) is 6. The summed E-state index contributed by atoms with van der Waals surface area (Å²) in [5.74, 6) is 1.81. The van der Waals surface area contributed by atoms with Gasteiger partial charge in [-0.2, -0.15) is 0 Å². The van der Waals surface area contributed by atoms with Crippen molar-refractivity contribution in [3.05, 3.63) is 83.7 Å². The fraction of sp³-hybridized carbons (Fsp3) is 0.323. The molecule has 2 N–H and O–H groups in total. The van der Waals surface area contributed by atoms with E-state index in [1.54, 1.807) is 43.3 Å². The molecule has 2 aromatic heterocycles. The number of ether oxygens (including phenoxy) is 2. The van der Waals surface area contributed by atoms with E-state index in [4.69, 9.17) is 9.47 Å². The van der Waals surface area contributed by atoms with Gasteiger partial charge in [-0.05, 0) is 80.4 Å². The SMILES string of the molecule is CCN1CCC(c2ccc(C(=O)Nc3cc(Oc4cc5ccn(C(=O)NC)c5cc4COC)ccn3)cc2)CC1. The molecule has 0 spiro atoms. The molecule has 9 nitrogen and oxygen atoms in total. The molecule has 1 aliphatic rings. The zero-order valence-electron chi connectivity index (χ0n) is 23.1. The third-order valence-electron chi connectivity index (χ3n) is 7.48. The first-order valence-electron chi connectivity index (χ1n) is 13.6. The number of amides is 2. The minimum absolute atomic E-state index is 0.228. The van der Waals surface area contributed by atoms with Gasteiger partial charge in [0.05, 0.1) is 12.1 Å². The number of piperidine rings is 1. The second kappa shape index (κ2) is 12.3. The van der Waals surface area contributed by atoms with Crippen LogP contribution in [0.25, 0.3) is 10.9 Å². The van der Waals surface area contributed by atoms with Crippen LogP contribution in [0.3, 0.4) is 0 Å². The largest absolute Gasteiger partial charge is 0.457 e. The van der Waals surface area contributed by atoms with Crippen molar-refractivity contribution in [2.45, 2.75) is 32.3 Å². The number of rotatable bonds is 8. The molecule has 40 heavy (non-hydrogen) atoms. The van der Waals surface area contributed by atoms with Crippen molar-refractivity contribution in [3.8, 4) is 11.5 Å². The van der Waals surface area contributed by atoms with Crippen LogP contribution in [0.2, 0.25) is 0 Å². The summed E-state index contributed by atoms with van der Waals surface area (Å²) in [6.07, 6.45) is 5.60. The molecule has 3 heterocycles. The number of aromatic nitrogens is 2. The zero-order valence-corrected chi connectivity index (χ0v) is 23.1. The predicted octanol–water partition coefficient (Wildman–Crippen LogP) is 5.61. The first-order chi connectivity index (χ1) is 19.5. The Morgan fingerprint density at radius 2 is 1.82 bits per heavy atom. The number of carbonyl (C=O) groups excluding carboxylic acids is 2. The highest BCUT2D eigenvalue weighted by molar-refractivity contribution is 6.03. The van der Waals surface area contributed by atoms with Crippen molar-refractivity contribution in [2.75, 3.05) is 39.1 Å². The lowest BCUT2D eigenvalue weighted by molar-refractivity contribution is 0.102. The van der Waals surface area contributed by atoms with Crippen LogP contribution in [-0.4, -0.2) is 60.2 Å². The molecular formula is C31H35N5O4. The Morgan fingerprint density at radius 1 is 1.05 bits per heavy atom. The van der Waals surface area contributed by atoms with Gasteiger partial charge in [0.1, 0.15) is 17.3 Å². The highest BCUT2D eigenvalue weighted by atomic mass is 16.5. The van der Waals surface area contributed by atoms with Crippen LogP contribution in [0.15, 0.2) is 67.0 Å². The molecule has 1 saturated heterocycles. The first kappa shape index (κ1) is 27.4. The van der Waals surface area contributed by atoms with Gasteiger partial charge >= 0.3 is 6.03 Å². The Labute approximate surface area is 234 Å². The average Bonchev–Trinajstić information content (AvgIpc) is 3.40. The Bertz CT molecular complexity index is 1490. The van der Waals surface area contributed by atoms with E-state index in [0.717, 1.165) is 48.9 Å². The molecule has 2 amide bonds. The fourth-order valence-corrected chi connectivity index (χ4v) is 5.21. The van der Waals surface area contributed by atoms with Crippen molar-refractivity contribution in [1.82, 2.24) is 19.8 Å². The molecule has 0 saturated carbocycles. The van der Waals surface area contributed by atoms with Crippen molar-refractivity contribution in [1.29, 1.82) is 0 Å². The van der Waals surface area contributed by atoms with Crippen molar-refractivity contribution in [2.24, 2.45) is 0 Å². The smallest absolute Gasteiger partial charge is 0.325 e. The molecule has 0 radical (unpaired) electrons. The highest BCUT2D eigenvalue weighted by Crippen LogP contribution is 2.32. The Balaban J connectivity index is 1.29. The van der Waals surface area contributed by atoms with Gasteiger partial charge in [-0.3, -0.25) is 9.36 Å². The van der Waals surface area contributed by atoms with Gasteiger partial charge in [0.25, 0.3) is 5.91 Å². The fourth-order valence-electron chi connectivity index (χ4n) is 5.21. The van der Waals surface area contributed by atoms with Gasteiger partial charge < -0.3 is 25.0 Å². The first-order valence-corrected chi connectivity index (χ1v) is 13.6. The number of likely N-dealkylation sites (tertiary alicyclic amines) is 1. The molecule has 1 aliphatic heterocycles. The summed E-state index contributed by atoms with van der Waals surface area (Å²) >= 11 is 0. The molecule has 4 aromatic rings. The Morgan fingerprint density at radius 3 is 2.52 bits per heavy atom. The maximum atomic E-state index is 13.0. The third-order valence-corrected chi connectivity index (χ3v) is 7.48. The second-order valence-electron chi connectivity index (χ2n) is 9.96. The number of methoxy groups -OCH3 is 1. The molecule has 1 fully saturated rings. The van der Waals surface area contributed by atoms with Gasteiger partial charge in [0.15, 0.2) is 0 Å². The van der Waals surface area contributed by atoms with E-state index in [1.165, 1.54) is 5.56 Å². The lowest BCUT2D eigenvalue weighted by atomic mass is 9.89. The summed E-state index contributed by atoms with van der Waals surface area (Å²) in [5, 5.41) is 6.37. The van der Waals surface area contributed by atoms with Crippen molar-refractivity contribution >= 4 is 28.7 Å². The van der Waals surface area contributed by atoms with E-state index in [1.807, 2.05) is 30.3 Å². The zero-order chi connectivity index (χ0) is 28.1. The number of carbonyl (C=O) groups is 2. The van der Waals surface area contributed by atoms with Crippen LogP contribution in [0.5, 0.6) is 11.5 Å². The molecule has 0 atom stereocenters. The van der Waals surface area contributed by atoms with E-state index in [2.05, 4.69) is 39.6 Å². The van der Waals surface area contributed by atoms with E-state index in [9.17, 15) is 9.59 Å². The van der Waals surface area contributed by atoms with Crippen LogP contribution < -0.4 is 15.4 Å². The Kier molecular flexibility index (Phi) is 8.42. The summed E-state index contributed by atoms with van der Waals surface area (Å²) in [4.78, 5) is 32.0. The number of nitrogens with zero attached hydrogens (tertiary/aromatic N) is 3. The van der Waals surface area contributed by atoms with Crippen molar-refractivity contribution < 1.29 is 19.1 Å². The number of hydrogen-bond donors (Lipinski definition) is 2. The van der Waals surface area contributed by atoms with Gasteiger partial charge in [-0.15, -0.1) is 0 Å². The summed E-state index contributed by atoms with van der Waals surface area (Å²) < 4.78 is 13.1. The van der Waals surface area contributed by atoms with E-state index in [0.29, 0.717) is 35.4 Å². The maximum absolute atomic E-state index is 13.0. The molecule has 0 aliphatic carbocycles. The van der Waals surface area contributed by atoms with Crippen LogP contribution in [0.1, 0.15) is 47.2 Å². The average molecular weight is 542 g/mol. The number of pyridine rings is 1. The summed E-state index contributed by atoms with van der Waals surface area (Å²) in [6, 6.07) is 16.7. The normalized spacial score (nSPS) is 14.3. The summed E-state index contributed by atoms with van der Waals surface area (Å²) in [5.41, 5.74) is 3.40. The monoisotopic (exact) mass is 541 g/mol. The van der Waals surface area contributed by atoms with Gasteiger partial charge in [-0.1, -0.05) is 19.1 Å². The lowest BCUT2D eigenvalue weighted by Crippen LogP contribution is -2.32. The number of fused-ring (bicyclic) bond motifs is 1. The van der Waals surface area contributed by atoms with E-state index in [-0.39, 0.29) is 11.9 Å². The van der Waals surface area contributed by atoms with Gasteiger partial charge in [0, 0.05) is 49.1 Å². The molecule has 9 heteroatoms. The van der Waals surface area contributed by atoms with Gasteiger partial charge in [0.2, 0.25) is 0 Å². The molecule has 5 rings (SSSR count). The van der Waals surface area contributed by atoms with Crippen molar-refractivity contribution in [3.63, 3.8) is 0 Å². The number of benzene rings is 2. The van der Waals surface area contributed by atoms with Crippen LogP contribution in [0, 0.1) is 0 Å². The molecule has 0 unspecified atom stereocenters. The molecule has 2 aromatic carbocycles. The molecular weight excluding hydrogens is 506 g/mol. The van der Waals surface area contributed by atoms with Crippen LogP contribution in [0.4, 0.5) is 10.6 Å². The highest BCUT2D eigenvalue weighted by Gasteiger charge is 2.20. The Hall–Kier alpha value is -4.21. The number of anilines is 1. The standard InChI is InChI=1S/C31H35N5O4/c1-4-35-14-10-22(11-15-35)21-5-7-23(8-6-21)30(37)34-29-19-26(9-13-33-29)40-28-18-24-12-16-36(31(38)32-2)27(24)17-25(28)20-39-3/h5-9,12-13,16-19,22H,4,10-11,14-15,20H2,1-3H3,(H,32,38)(H,33,34,37). The van der Waals surface area contributed by atoms with Crippen LogP contribution in [-0.2, 0) is 11.3 Å². The van der Waals surface area contributed by atoms with Gasteiger partial charge in [-0.25, -0.2) is 9.78 Å². The number of nitrogens with one attached hydrogen (secondary N) is 2. The minimum atomic E-state index is -0.228. The lowest BCUT2D eigenvalue weighted by Gasteiger charge is -2.31. The second-order valence-corrected chi connectivity index (χ2v) is 9.96. The predicted molar refractivity (Wildman–Crippen MR) is 155 cm³/mol. The quantitative estimate of drug-likeness (QED) is 0.301. The molecule has 0 bridgehead atoms. The molecule has 208 valence electrons.